The third-order valence-corrected chi connectivity index (χ3v) is 4.80. The zero-order valence-corrected chi connectivity index (χ0v) is 16.5. The number of benzene rings is 2. The monoisotopic (exact) mass is 381 g/mol. The molecule has 6 heteroatoms. The van der Waals surface area contributed by atoms with Gasteiger partial charge in [-0.2, -0.15) is 0 Å². The van der Waals surface area contributed by atoms with E-state index in [2.05, 4.69) is 27.7 Å². The SMILES string of the molecule is CC(=O)Nc1c(C)cccc1C(=O)NCc1ccc(CN2CCOCC2)cc1. The minimum Gasteiger partial charge on any atom is -0.379 e. The van der Waals surface area contributed by atoms with E-state index in [9.17, 15) is 9.59 Å². The lowest BCUT2D eigenvalue weighted by Crippen LogP contribution is -2.35. The summed E-state index contributed by atoms with van der Waals surface area (Å²) in [6.45, 7) is 8.17. The van der Waals surface area contributed by atoms with Crippen molar-refractivity contribution in [2.24, 2.45) is 0 Å². The molecule has 2 N–H and O–H groups in total. The highest BCUT2D eigenvalue weighted by atomic mass is 16.5. The van der Waals surface area contributed by atoms with Gasteiger partial charge in [-0.05, 0) is 29.7 Å². The van der Waals surface area contributed by atoms with Gasteiger partial charge in [-0.25, -0.2) is 0 Å². The second-order valence-electron chi connectivity index (χ2n) is 7.07. The summed E-state index contributed by atoms with van der Waals surface area (Å²) in [7, 11) is 0. The molecule has 2 aromatic rings. The topological polar surface area (TPSA) is 70.7 Å². The zero-order valence-electron chi connectivity index (χ0n) is 16.5. The largest absolute Gasteiger partial charge is 0.379 e. The van der Waals surface area contributed by atoms with Crippen LogP contribution < -0.4 is 10.6 Å². The fraction of sp³-hybridized carbons (Fsp3) is 0.364. The predicted molar refractivity (Wildman–Crippen MR) is 109 cm³/mol. The molecule has 28 heavy (non-hydrogen) atoms. The van der Waals surface area contributed by atoms with E-state index in [0.29, 0.717) is 17.8 Å². The molecule has 0 radical (unpaired) electrons. The van der Waals surface area contributed by atoms with E-state index in [4.69, 9.17) is 4.74 Å². The second-order valence-corrected chi connectivity index (χ2v) is 7.07. The van der Waals surface area contributed by atoms with Gasteiger partial charge in [0.25, 0.3) is 5.91 Å². The van der Waals surface area contributed by atoms with Gasteiger partial charge in [0, 0.05) is 33.1 Å². The first-order valence-corrected chi connectivity index (χ1v) is 9.56. The van der Waals surface area contributed by atoms with E-state index in [1.54, 1.807) is 6.07 Å². The van der Waals surface area contributed by atoms with E-state index < -0.39 is 0 Å². The number of para-hydroxylation sites is 1. The van der Waals surface area contributed by atoms with Crippen LogP contribution in [0.15, 0.2) is 42.5 Å². The molecular weight excluding hydrogens is 354 g/mol. The normalized spacial score (nSPS) is 14.5. The number of carbonyl (C=O) groups excluding carboxylic acids is 2. The van der Waals surface area contributed by atoms with Crippen molar-refractivity contribution in [2.45, 2.75) is 26.9 Å². The molecule has 0 bridgehead atoms. The van der Waals surface area contributed by atoms with Crippen LogP contribution in [0.25, 0.3) is 0 Å². The van der Waals surface area contributed by atoms with E-state index in [1.165, 1.54) is 12.5 Å². The molecule has 1 fully saturated rings. The average Bonchev–Trinajstić information content (AvgIpc) is 2.69. The fourth-order valence-electron chi connectivity index (χ4n) is 3.26. The summed E-state index contributed by atoms with van der Waals surface area (Å²) < 4.78 is 5.38. The number of amides is 2. The van der Waals surface area contributed by atoms with Crippen LogP contribution in [0.1, 0.15) is 34.0 Å². The fourth-order valence-corrected chi connectivity index (χ4v) is 3.26. The maximum atomic E-state index is 12.6. The molecule has 1 heterocycles. The van der Waals surface area contributed by atoms with Crippen LogP contribution in [0, 0.1) is 6.92 Å². The Morgan fingerprint density at radius 1 is 1.04 bits per heavy atom. The Balaban J connectivity index is 1.59. The summed E-state index contributed by atoms with van der Waals surface area (Å²) in [4.78, 5) is 26.4. The quantitative estimate of drug-likeness (QED) is 0.807. The Kier molecular flexibility index (Phi) is 6.79. The number of carbonyl (C=O) groups is 2. The van der Waals surface area contributed by atoms with Crippen molar-refractivity contribution in [1.82, 2.24) is 10.2 Å². The molecule has 2 amide bonds. The molecule has 0 unspecified atom stereocenters. The van der Waals surface area contributed by atoms with Gasteiger partial charge in [-0.1, -0.05) is 36.4 Å². The maximum absolute atomic E-state index is 12.6. The smallest absolute Gasteiger partial charge is 0.253 e. The van der Waals surface area contributed by atoms with Gasteiger partial charge in [0.1, 0.15) is 0 Å². The van der Waals surface area contributed by atoms with Gasteiger partial charge in [-0.3, -0.25) is 14.5 Å². The van der Waals surface area contributed by atoms with E-state index >= 15 is 0 Å². The van der Waals surface area contributed by atoms with Crippen LogP contribution in [-0.2, 0) is 22.6 Å². The molecule has 148 valence electrons. The van der Waals surface area contributed by atoms with Crippen LogP contribution in [0.5, 0.6) is 0 Å². The van der Waals surface area contributed by atoms with Crippen molar-refractivity contribution in [3.63, 3.8) is 0 Å². The Bertz CT molecular complexity index is 827. The minimum absolute atomic E-state index is 0.195. The van der Waals surface area contributed by atoms with Gasteiger partial charge in [0.05, 0.1) is 24.5 Å². The first-order valence-electron chi connectivity index (χ1n) is 9.56. The summed E-state index contributed by atoms with van der Waals surface area (Å²) in [5.74, 6) is -0.399. The molecule has 2 aromatic carbocycles. The molecule has 0 atom stereocenters. The maximum Gasteiger partial charge on any atom is 0.253 e. The van der Waals surface area contributed by atoms with Crippen LogP contribution in [0.3, 0.4) is 0 Å². The predicted octanol–water partition coefficient (Wildman–Crippen LogP) is 2.72. The number of anilines is 1. The van der Waals surface area contributed by atoms with Crippen molar-refractivity contribution in [3.8, 4) is 0 Å². The number of morpholine rings is 1. The third kappa shape index (κ3) is 5.41. The lowest BCUT2D eigenvalue weighted by atomic mass is 10.1. The highest BCUT2D eigenvalue weighted by Crippen LogP contribution is 2.20. The summed E-state index contributed by atoms with van der Waals surface area (Å²) in [6.07, 6.45) is 0. The molecule has 0 aromatic heterocycles. The van der Waals surface area contributed by atoms with Crippen molar-refractivity contribution >= 4 is 17.5 Å². The molecule has 0 aliphatic carbocycles. The Labute approximate surface area is 165 Å². The van der Waals surface area contributed by atoms with E-state index in [1.807, 2.05) is 31.2 Å². The number of nitrogens with one attached hydrogen (secondary N) is 2. The van der Waals surface area contributed by atoms with Crippen LogP contribution in [-0.4, -0.2) is 43.0 Å². The Morgan fingerprint density at radius 3 is 2.39 bits per heavy atom. The van der Waals surface area contributed by atoms with Crippen molar-refractivity contribution in [3.05, 3.63) is 64.7 Å². The van der Waals surface area contributed by atoms with Crippen molar-refractivity contribution < 1.29 is 14.3 Å². The molecule has 1 saturated heterocycles. The average molecular weight is 381 g/mol. The van der Waals surface area contributed by atoms with Gasteiger partial charge >= 0.3 is 0 Å². The Morgan fingerprint density at radius 2 is 1.71 bits per heavy atom. The number of rotatable bonds is 6. The first kappa shape index (κ1) is 20.0. The number of nitrogens with zero attached hydrogens (tertiary/aromatic N) is 1. The summed E-state index contributed by atoms with van der Waals surface area (Å²) in [6, 6.07) is 13.7. The lowest BCUT2D eigenvalue weighted by Gasteiger charge is -2.26. The van der Waals surface area contributed by atoms with E-state index in [0.717, 1.165) is 44.0 Å². The standard InChI is InChI=1S/C22H27N3O3/c1-16-4-3-5-20(21(16)24-17(2)26)22(27)23-14-18-6-8-19(9-7-18)15-25-10-12-28-13-11-25/h3-9H,10-15H2,1-2H3,(H,23,27)(H,24,26). The molecular formula is C22H27N3O3. The molecule has 1 aliphatic rings. The van der Waals surface area contributed by atoms with E-state index in [-0.39, 0.29) is 11.8 Å². The molecule has 3 rings (SSSR count). The van der Waals surface area contributed by atoms with Gasteiger partial charge < -0.3 is 15.4 Å². The summed E-state index contributed by atoms with van der Waals surface area (Å²) in [5.41, 5.74) is 4.18. The van der Waals surface area contributed by atoms with Crippen molar-refractivity contribution in [1.29, 1.82) is 0 Å². The van der Waals surface area contributed by atoms with Gasteiger partial charge in [0.2, 0.25) is 5.91 Å². The van der Waals surface area contributed by atoms with Crippen LogP contribution >= 0.6 is 0 Å². The first-order chi connectivity index (χ1) is 13.5. The molecule has 6 nitrogen and oxygen atoms in total. The summed E-state index contributed by atoms with van der Waals surface area (Å²) >= 11 is 0. The second kappa shape index (κ2) is 9.48. The highest BCUT2D eigenvalue weighted by Gasteiger charge is 2.14. The van der Waals surface area contributed by atoms with Gasteiger partial charge in [-0.15, -0.1) is 0 Å². The third-order valence-electron chi connectivity index (χ3n) is 4.80. The highest BCUT2D eigenvalue weighted by molar-refractivity contribution is 6.04. The van der Waals surface area contributed by atoms with Crippen LogP contribution in [0.4, 0.5) is 5.69 Å². The molecule has 0 spiro atoms. The van der Waals surface area contributed by atoms with Crippen molar-refractivity contribution in [2.75, 3.05) is 31.6 Å². The molecule has 1 aliphatic heterocycles. The Hall–Kier alpha value is -2.70. The summed E-state index contributed by atoms with van der Waals surface area (Å²) in [5, 5.41) is 5.69. The number of hydrogen-bond acceptors (Lipinski definition) is 4. The zero-order chi connectivity index (χ0) is 19.9. The molecule has 0 saturated carbocycles. The number of aryl methyl sites for hydroxylation is 1. The lowest BCUT2D eigenvalue weighted by molar-refractivity contribution is -0.114. The van der Waals surface area contributed by atoms with Crippen LogP contribution in [0.2, 0.25) is 0 Å². The van der Waals surface area contributed by atoms with Gasteiger partial charge in [0.15, 0.2) is 0 Å². The number of hydrogen-bond donors (Lipinski definition) is 2. The number of ether oxygens (including phenoxy) is 1. The minimum atomic E-state index is -0.204.